The highest BCUT2D eigenvalue weighted by Crippen LogP contribution is 2.18. The van der Waals surface area contributed by atoms with Crippen LogP contribution in [0.5, 0.6) is 5.75 Å². The van der Waals surface area contributed by atoms with Crippen LogP contribution in [0.25, 0.3) is 0 Å². The maximum Gasteiger partial charge on any atom is 0.365 e. The number of nitrogens with zero attached hydrogens (tertiary/aromatic N) is 1. The Balaban J connectivity index is 2.02. The van der Waals surface area contributed by atoms with Crippen LogP contribution in [0.4, 0.5) is 4.39 Å². The third-order valence-electron chi connectivity index (χ3n) is 1.95. The molecule has 0 aliphatic heterocycles. The van der Waals surface area contributed by atoms with Crippen molar-refractivity contribution in [1.29, 1.82) is 0 Å². The Morgan fingerprint density at radius 2 is 2.24 bits per heavy atom. The zero-order valence-electron chi connectivity index (χ0n) is 8.59. The van der Waals surface area contributed by atoms with Crippen LogP contribution in [0.3, 0.4) is 0 Å². The van der Waals surface area contributed by atoms with E-state index in [0.717, 1.165) is 11.3 Å². The molecule has 0 spiro atoms. The van der Waals surface area contributed by atoms with Crippen molar-refractivity contribution in [3.8, 4) is 5.75 Å². The van der Waals surface area contributed by atoms with E-state index in [9.17, 15) is 9.18 Å². The Morgan fingerprint density at radius 3 is 2.88 bits per heavy atom. The number of thiazole rings is 1. The van der Waals surface area contributed by atoms with Gasteiger partial charge in [-0.05, 0) is 12.1 Å². The summed E-state index contributed by atoms with van der Waals surface area (Å²) in [4.78, 5) is 14.4. The van der Waals surface area contributed by atoms with Crippen molar-refractivity contribution < 1.29 is 19.0 Å². The van der Waals surface area contributed by atoms with E-state index in [4.69, 9.17) is 9.84 Å². The van der Waals surface area contributed by atoms with E-state index in [0.29, 0.717) is 5.69 Å². The van der Waals surface area contributed by atoms with Crippen molar-refractivity contribution in [2.45, 2.75) is 6.61 Å². The molecule has 0 amide bonds. The highest BCUT2D eigenvalue weighted by molar-refractivity contribution is 7.11. The molecule has 88 valence electrons. The molecule has 0 bridgehead atoms. The number of halogens is 1. The van der Waals surface area contributed by atoms with E-state index < -0.39 is 11.8 Å². The highest BCUT2D eigenvalue weighted by Gasteiger charge is 2.09. The van der Waals surface area contributed by atoms with E-state index >= 15 is 0 Å². The van der Waals surface area contributed by atoms with Crippen molar-refractivity contribution in [1.82, 2.24) is 4.98 Å². The van der Waals surface area contributed by atoms with Gasteiger partial charge in [0.05, 0.1) is 5.69 Å². The minimum atomic E-state index is -1.08. The standard InChI is InChI=1S/C11H8FNO3S/c12-8-3-1-2-4-9(8)16-5-7-6-17-10(13-7)11(14)15/h1-4,6H,5H2,(H,14,15). The number of aromatic carboxylic acids is 1. The molecule has 6 heteroatoms. The van der Waals surface area contributed by atoms with Crippen LogP contribution in [0.2, 0.25) is 0 Å². The number of ether oxygens (including phenoxy) is 1. The summed E-state index contributed by atoms with van der Waals surface area (Å²) >= 11 is 1.01. The van der Waals surface area contributed by atoms with Crippen LogP contribution >= 0.6 is 11.3 Å². The summed E-state index contributed by atoms with van der Waals surface area (Å²) < 4.78 is 18.4. The van der Waals surface area contributed by atoms with Crippen LogP contribution in [0, 0.1) is 5.82 Å². The van der Waals surface area contributed by atoms with Gasteiger partial charge in [-0.2, -0.15) is 0 Å². The van der Waals surface area contributed by atoms with Gasteiger partial charge in [-0.3, -0.25) is 0 Å². The molecule has 0 unspecified atom stereocenters. The van der Waals surface area contributed by atoms with Crippen molar-refractivity contribution in [2.75, 3.05) is 0 Å². The lowest BCUT2D eigenvalue weighted by Crippen LogP contribution is -2.00. The summed E-state index contributed by atoms with van der Waals surface area (Å²) in [6, 6.07) is 6.01. The van der Waals surface area contributed by atoms with Crippen LogP contribution in [0.15, 0.2) is 29.6 Å². The van der Waals surface area contributed by atoms with Crippen LogP contribution in [-0.4, -0.2) is 16.1 Å². The lowest BCUT2D eigenvalue weighted by Gasteiger charge is -2.04. The molecule has 4 nitrogen and oxygen atoms in total. The van der Waals surface area contributed by atoms with E-state index in [2.05, 4.69) is 4.98 Å². The Labute approximate surface area is 100 Å². The number of aromatic nitrogens is 1. The number of carboxylic acid groups (broad SMARTS) is 1. The Bertz CT molecular complexity index is 541. The summed E-state index contributed by atoms with van der Waals surface area (Å²) in [7, 11) is 0. The largest absolute Gasteiger partial charge is 0.484 e. The molecule has 1 aromatic carbocycles. The van der Waals surface area contributed by atoms with Gasteiger partial charge < -0.3 is 9.84 Å². The van der Waals surface area contributed by atoms with Gasteiger partial charge in [-0.25, -0.2) is 14.2 Å². The van der Waals surface area contributed by atoms with E-state index in [-0.39, 0.29) is 17.4 Å². The van der Waals surface area contributed by atoms with E-state index in [1.165, 1.54) is 12.1 Å². The molecule has 0 saturated carbocycles. The second-order valence-corrected chi connectivity index (χ2v) is 4.03. The number of carbonyl (C=O) groups is 1. The quantitative estimate of drug-likeness (QED) is 0.909. The Morgan fingerprint density at radius 1 is 1.47 bits per heavy atom. The highest BCUT2D eigenvalue weighted by atomic mass is 32.1. The predicted molar refractivity (Wildman–Crippen MR) is 59.8 cm³/mol. The molecule has 1 N–H and O–H groups in total. The molecule has 1 heterocycles. The molecular formula is C11H8FNO3S. The number of hydrogen-bond acceptors (Lipinski definition) is 4. The second-order valence-electron chi connectivity index (χ2n) is 3.17. The van der Waals surface area contributed by atoms with Gasteiger partial charge >= 0.3 is 5.97 Å². The van der Waals surface area contributed by atoms with Crippen molar-refractivity contribution >= 4 is 17.3 Å². The molecule has 2 aromatic rings. The third kappa shape index (κ3) is 2.79. The second kappa shape index (κ2) is 4.92. The summed E-state index contributed by atoms with van der Waals surface area (Å²) in [6.07, 6.45) is 0. The van der Waals surface area contributed by atoms with Crippen molar-refractivity contribution in [3.63, 3.8) is 0 Å². The average molecular weight is 253 g/mol. The minimum absolute atomic E-state index is 0.00265. The smallest absolute Gasteiger partial charge is 0.365 e. The lowest BCUT2D eigenvalue weighted by atomic mass is 10.3. The van der Waals surface area contributed by atoms with Gasteiger partial charge in [-0.15, -0.1) is 11.3 Å². The van der Waals surface area contributed by atoms with Gasteiger partial charge in [0.15, 0.2) is 11.6 Å². The Kier molecular flexibility index (Phi) is 3.34. The number of rotatable bonds is 4. The summed E-state index contributed by atoms with van der Waals surface area (Å²) in [5.74, 6) is -1.41. The topological polar surface area (TPSA) is 59.4 Å². The molecule has 0 aliphatic carbocycles. The van der Waals surface area contributed by atoms with E-state index in [1.807, 2.05) is 0 Å². The molecule has 0 radical (unpaired) electrons. The molecular weight excluding hydrogens is 245 g/mol. The lowest BCUT2D eigenvalue weighted by molar-refractivity contribution is 0.0696. The maximum absolute atomic E-state index is 13.2. The Hall–Kier alpha value is -1.95. The molecule has 17 heavy (non-hydrogen) atoms. The molecule has 2 rings (SSSR count). The normalized spacial score (nSPS) is 10.2. The first-order valence-corrected chi connectivity index (χ1v) is 5.60. The number of para-hydroxylation sites is 1. The van der Waals surface area contributed by atoms with Gasteiger partial charge in [0.2, 0.25) is 5.01 Å². The molecule has 0 fully saturated rings. The number of benzene rings is 1. The first kappa shape index (κ1) is 11.5. The zero-order chi connectivity index (χ0) is 12.3. The first-order valence-electron chi connectivity index (χ1n) is 4.72. The van der Waals surface area contributed by atoms with Gasteiger partial charge in [0.1, 0.15) is 6.61 Å². The van der Waals surface area contributed by atoms with Crippen LogP contribution < -0.4 is 4.74 Å². The summed E-state index contributed by atoms with van der Waals surface area (Å²) in [5.41, 5.74) is 0.468. The monoisotopic (exact) mass is 253 g/mol. The maximum atomic E-state index is 13.2. The molecule has 1 aromatic heterocycles. The minimum Gasteiger partial charge on any atom is -0.484 e. The summed E-state index contributed by atoms with van der Waals surface area (Å²) in [6.45, 7) is 0.0463. The molecule has 0 saturated heterocycles. The van der Waals surface area contributed by atoms with Crippen LogP contribution in [0.1, 0.15) is 15.5 Å². The SMILES string of the molecule is O=C(O)c1nc(COc2ccccc2F)cs1. The fourth-order valence-corrected chi connectivity index (χ4v) is 1.82. The molecule has 0 atom stereocenters. The number of hydrogen-bond donors (Lipinski definition) is 1. The van der Waals surface area contributed by atoms with Gasteiger partial charge in [0.25, 0.3) is 0 Å². The average Bonchev–Trinajstić information content (AvgIpc) is 2.77. The molecule has 0 aliphatic rings. The predicted octanol–water partition coefficient (Wildman–Crippen LogP) is 2.56. The number of carboxylic acids is 1. The van der Waals surface area contributed by atoms with Crippen molar-refractivity contribution in [2.24, 2.45) is 0 Å². The summed E-state index contributed by atoms with van der Waals surface area (Å²) in [5, 5.41) is 10.2. The van der Waals surface area contributed by atoms with Gasteiger partial charge in [0, 0.05) is 5.38 Å². The fraction of sp³-hybridized carbons (Fsp3) is 0.0909. The van der Waals surface area contributed by atoms with Crippen molar-refractivity contribution in [3.05, 3.63) is 46.2 Å². The zero-order valence-corrected chi connectivity index (χ0v) is 9.41. The third-order valence-corrected chi connectivity index (χ3v) is 2.83. The van der Waals surface area contributed by atoms with Gasteiger partial charge in [-0.1, -0.05) is 12.1 Å². The first-order chi connectivity index (χ1) is 8.16. The van der Waals surface area contributed by atoms with Crippen LogP contribution in [-0.2, 0) is 6.61 Å². The fourth-order valence-electron chi connectivity index (χ4n) is 1.18. The van der Waals surface area contributed by atoms with E-state index in [1.54, 1.807) is 17.5 Å².